The number of H-pyrrole nitrogens is 2. The number of amides is 3. The van der Waals surface area contributed by atoms with Crippen LogP contribution in [0.2, 0.25) is 0 Å². The van der Waals surface area contributed by atoms with Crippen LogP contribution in [0, 0.1) is 24.2 Å². The van der Waals surface area contributed by atoms with Crippen LogP contribution in [0.3, 0.4) is 0 Å². The summed E-state index contributed by atoms with van der Waals surface area (Å²) in [5.41, 5.74) is 6.89. The first-order valence-electron chi connectivity index (χ1n) is 19.5. The summed E-state index contributed by atoms with van der Waals surface area (Å²) in [6.45, 7) is 13.1. The van der Waals surface area contributed by atoms with Gasteiger partial charge in [0.05, 0.1) is 48.5 Å². The number of carbonyl (C=O) groups excluding carboxylic acids is 3. The number of ether oxygens (including phenoxy) is 2. The lowest BCUT2D eigenvalue weighted by Gasteiger charge is -2.30. The van der Waals surface area contributed by atoms with Crippen molar-refractivity contribution in [1.29, 1.82) is 0 Å². The molecule has 1 radical (unpaired) electrons. The molecular weight excluding hydrogens is 695 g/mol. The van der Waals surface area contributed by atoms with Crippen molar-refractivity contribution in [2.75, 3.05) is 13.7 Å². The topological polar surface area (TPSA) is 146 Å². The van der Waals surface area contributed by atoms with Gasteiger partial charge in [0.1, 0.15) is 30.0 Å². The number of methoxy groups -OCH3 is 1. The van der Waals surface area contributed by atoms with Crippen molar-refractivity contribution in [2.24, 2.45) is 17.8 Å². The van der Waals surface area contributed by atoms with Crippen LogP contribution in [0.4, 0.5) is 4.79 Å². The van der Waals surface area contributed by atoms with Crippen molar-refractivity contribution < 1.29 is 23.9 Å². The summed E-state index contributed by atoms with van der Waals surface area (Å²) < 4.78 is 11.2. The van der Waals surface area contributed by atoms with Crippen molar-refractivity contribution in [1.82, 2.24) is 35.1 Å². The number of nitrogens with one attached hydrogen (secondary N) is 3. The summed E-state index contributed by atoms with van der Waals surface area (Å²) in [5.74, 6) is 2.65. The quantitative estimate of drug-likeness (QED) is 0.147. The van der Waals surface area contributed by atoms with Gasteiger partial charge in [0.2, 0.25) is 11.8 Å². The molecule has 12 heteroatoms. The zero-order chi connectivity index (χ0) is 38.7. The fourth-order valence-electron chi connectivity index (χ4n) is 8.71. The van der Waals surface area contributed by atoms with Crippen LogP contribution in [0.15, 0.2) is 48.7 Å². The fourth-order valence-corrected chi connectivity index (χ4v) is 8.71. The van der Waals surface area contributed by atoms with E-state index >= 15 is 0 Å². The maximum absolute atomic E-state index is 13.8. The van der Waals surface area contributed by atoms with Gasteiger partial charge in [0.25, 0.3) is 0 Å². The third-order valence-corrected chi connectivity index (χ3v) is 11.5. The third-order valence-electron chi connectivity index (χ3n) is 11.5. The van der Waals surface area contributed by atoms with Crippen LogP contribution < -0.4 is 10.1 Å². The molecular formula is C43H50N7O5. The van der Waals surface area contributed by atoms with E-state index in [0.717, 1.165) is 86.4 Å². The van der Waals surface area contributed by atoms with Crippen LogP contribution >= 0.6 is 0 Å². The highest BCUT2D eigenvalue weighted by molar-refractivity contribution is 6.07. The van der Waals surface area contributed by atoms with E-state index < -0.39 is 12.1 Å². The van der Waals surface area contributed by atoms with Gasteiger partial charge in [-0.3, -0.25) is 9.59 Å². The van der Waals surface area contributed by atoms with E-state index in [1.165, 1.54) is 7.11 Å². The van der Waals surface area contributed by atoms with Gasteiger partial charge in [-0.1, -0.05) is 52.8 Å². The molecule has 3 aliphatic rings. The second-order valence-corrected chi connectivity index (χ2v) is 16.3. The molecule has 5 aromatic rings. The lowest BCUT2D eigenvalue weighted by Crippen LogP contribution is -2.51. The van der Waals surface area contributed by atoms with Gasteiger partial charge in [-0.25, -0.2) is 14.8 Å². The molecule has 12 nitrogen and oxygen atoms in total. The van der Waals surface area contributed by atoms with Gasteiger partial charge >= 0.3 is 6.09 Å². The Balaban J connectivity index is 1.05. The molecule has 3 aromatic carbocycles. The minimum absolute atomic E-state index is 0.0702. The minimum atomic E-state index is -0.699. The van der Waals surface area contributed by atoms with Crippen molar-refractivity contribution >= 4 is 39.7 Å². The third kappa shape index (κ3) is 6.69. The van der Waals surface area contributed by atoms with Crippen LogP contribution in [0.1, 0.15) is 90.1 Å². The van der Waals surface area contributed by atoms with Gasteiger partial charge in [-0.15, -0.1) is 0 Å². The first-order valence-corrected chi connectivity index (χ1v) is 19.5. The zero-order valence-electron chi connectivity index (χ0n) is 32.6. The van der Waals surface area contributed by atoms with Crippen LogP contribution in [-0.4, -0.2) is 73.4 Å². The zero-order valence-corrected chi connectivity index (χ0v) is 32.6. The number of benzene rings is 3. The Morgan fingerprint density at radius 3 is 2.56 bits per heavy atom. The highest BCUT2D eigenvalue weighted by atomic mass is 16.5. The Kier molecular flexibility index (Phi) is 9.55. The van der Waals surface area contributed by atoms with Crippen LogP contribution in [-0.2, 0) is 20.9 Å². The Morgan fingerprint density at radius 1 is 0.982 bits per heavy atom. The standard InChI is InChI=1S/C43H50N7O5/c1-22(2)14-37(51)50-25(6)8-13-34(50)41-45-32-12-10-26-17-31-29-11-9-27(16-28(29)21-55-36(31)18-30(26)39(32)47-41)33-19-44-40(46-33)35-15-24(5)20-49(35)42(52)38(23(3)4)48-43(53)54-7/h9-12,14,16-19,22-25,34-35,38H,8,13,15,20-21H2,1-7H3,(H,44,46)(H,45,47)(H,48,53)/t24-,25-,34-,35-,38-/m0/s1. The molecule has 0 saturated carbocycles. The molecule has 3 aliphatic heterocycles. The van der Waals surface area contributed by atoms with Gasteiger partial charge in [0, 0.05) is 23.5 Å². The summed E-state index contributed by atoms with van der Waals surface area (Å²) in [4.78, 5) is 59.7. The summed E-state index contributed by atoms with van der Waals surface area (Å²) in [6, 6.07) is 14.0. The monoisotopic (exact) mass is 744 g/mol. The number of imidazole rings is 2. The van der Waals surface area contributed by atoms with Crippen LogP contribution in [0.5, 0.6) is 5.75 Å². The van der Waals surface area contributed by atoms with E-state index in [9.17, 15) is 14.4 Å². The molecule has 0 aliphatic carbocycles. The molecule has 3 N–H and O–H groups in total. The molecule has 0 bridgehead atoms. The first-order chi connectivity index (χ1) is 26.4. The largest absolute Gasteiger partial charge is 0.488 e. The molecule has 2 fully saturated rings. The van der Waals surface area contributed by atoms with Crippen molar-refractivity contribution in [3.63, 3.8) is 0 Å². The highest BCUT2D eigenvalue weighted by Crippen LogP contribution is 2.44. The predicted molar refractivity (Wildman–Crippen MR) is 211 cm³/mol. The molecule has 287 valence electrons. The number of hydrogen-bond acceptors (Lipinski definition) is 7. The van der Waals surface area contributed by atoms with Crippen molar-refractivity contribution in [3.8, 4) is 28.1 Å². The highest BCUT2D eigenvalue weighted by Gasteiger charge is 2.40. The number of alkyl carbamates (subject to hydrolysis) is 1. The number of nitrogens with zero attached hydrogens (tertiary/aromatic N) is 4. The second-order valence-electron chi connectivity index (χ2n) is 16.3. The fraction of sp³-hybridized carbons (Fsp3) is 0.442. The van der Waals surface area contributed by atoms with Gasteiger partial charge in [-0.2, -0.15) is 0 Å². The first kappa shape index (κ1) is 36.6. The van der Waals surface area contributed by atoms with E-state index in [4.69, 9.17) is 19.4 Å². The molecule has 3 amide bonds. The maximum atomic E-state index is 13.8. The molecule has 2 aromatic heterocycles. The van der Waals surface area contributed by atoms with E-state index in [1.54, 1.807) is 6.42 Å². The van der Waals surface area contributed by atoms with Crippen molar-refractivity contribution in [2.45, 2.75) is 91.6 Å². The van der Waals surface area contributed by atoms with Gasteiger partial charge < -0.3 is 34.6 Å². The summed E-state index contributed by atoms with van der Waals surface area (Å²) in [7, 11) is 1.30. The summed E-state index contributed by atoms with van der Waals surface area (Å²) in [6.07, 6.45) is 5.60. The molecule has 55 heavy (non-hydrogen) atoms. The summed E-state index contributed by atoms with van der Waals surface area (Å²) in [5, 5.41) is 4.84. The molecule has 0 unspecified atom stereocenters. The minimum Gasteiger partial charge on any atom is -0.488 e. The Labute approximate surface area is 321 Å². The van der Waals surface area contributed by atoms with E-state index in [1.807, 2.05) is 43.7 Å². The Bertz CT molecular complexity index is 2290. The van der Waals surface area contributed by atoms with E-state index in [-0.39, 0.29) is 47.7 Å². The smallest absolute Gasteiger partial charge is 0.407 e. The number of aromatic nitrogens is 4. The predicted octanol–water partition coefficient (Wildman–Crippen LogP) is 7.87. The molecule has 5 atom stereocenters. The Hall–Kier alpha value is -5.39. The van der Waals surface area contributed by atoms with Gasteiger partial charge in [0.15, 0.2) is 0 Å². The number of hydrogen-bond donors (Lipinski definition) is 3. The number of carbonyl (C=O) groups is 3. The summed E-state index contributed by atoms with van der Waals surface area (Å²) >= 11 is 0. The molecule has 2 saturated heterocycles. The molecule has 0 spiro atoms. The normalized spacial score (nSPS) is 21.3. The number of fused-ring (bicyclic) bond motifs is 6. The average molecular weight is 745 g/mol. The molecule has 5 heterocycles. The van der Waals surface area contributed by atoms with Crippen molar-refractivity contribution in [3.05, 3.63) is 72.3 Å². The van der Waals surface area contributed by atoms with Crippen LogP contribution in [0.25, 0.3) is 44.2 Å². The number of likely N-dealkylation sites (tertiary alicyclic amines) is 2. The van der Waals surface area contributed by atoms with E-state index in [0.29, 0.717) is 13.2 Å². The molecule has 8 rings (SSSR count). The number of rotatable bonds is 8. The maximum Gasteiger partial charge on any atom is 0.407 e. The SMILES string of the molecule is COC(=O)N[C@H](C(=O)N1C[C@@H](C)C[C@H]1c1ncc(-c2ccc3c(c2)COc2cc4c(ccc5nc([C@@H]6CC[C@H](C)N6C(=O)[CH]C(C)C)[nH]c54)cc2-3)[nH]1)C(C)C. The van der Waals surface area contributed by atoms with E-state index in [2.05, 4.69) is 71.6 Å². The van der Waals surface area contributed by atoms with Gasteiger partial charge in [-0.05, 0) is 90.3 Å². The lowest BCUT2D eigenvalue weighted by molar-refractivity contribution is -0.135. The second kappa shape index (κ2) is 14.4. The Morgan fingerprint density at radius 2 is 1.80 bits per heavy atom. The number of aromatic amines is 2. The average Bonchev–Trinajstić information content (AvgIpc) is 3.97. The lowest BCUT2D eigenvalue weighted by atomic mass is 9.92.